The molecule has 1 aliphatic rings. The van der Waals surface area contributed by atoms with Gasteiger partial charge in [0.1, 0.15) is 24.4 Å². The number of unbranched alkanes of at least 4 members (excludes halogenated alkanes) is 41. The van der Waals surface area contributed by atoms with Crippen molar-refractivity contribution in [3.8, 4) is 0 Å². The van der Waals surface area contributed by atoms with E-state index in [0.29, 0.717) is 19.4 Å². The minimum atomic E-state index is -1.58. The van der Waals surface area contributed by atoms with Gasteiger partial charge in [0.15, 0.2) is 6.29 Å². The molecule has 0 aliphatic carbocycles. The topological polar surface area (TPSA) is 175 Å². The summed E-state index contributed by atoms with van der Waals surface area (Å²) in [7, 11) is 0. The third kappa shape index (κ3) is 48.5. The van der Waals surface area contributed by atoms with E-state index in [-0.39, 0.29) is 18.5 Å². The first-order valence-electron chi connectivity index (χ1n) is 34.4. The molecule has 0 spiro atoms. The lowest BCUT2D eigenvalue weighted by atomic mass is 9.99. The molecule has 1 saturated heterocycles. The lowest BCUT2D eigenvalue weighted by molar-refractivity contribution is -0.302. The van der Waals surface area contributed by atoms with Gasteiger partial charge in [0, 0.05) is 12.8 Å². The first kappa shape index (κ1) is 76.6. The highest BCUT2D eigenvalue weighted by Gasteiger charge is 2.44. The number of rotatable bonds is 60. The van der Waals surface area contributed by atoms with Crippen LogP contribution >= 0.6 is 0 Å². The number of allylic oxidation sites excluding steroid dienone is 7. The van der Waals surface area contributed by atoms with Crippen molar-refractivity contribution in [3.05, 3.63) is 48.6 Å². The zero-order chi connectivity index (χ0) is 58.7. The highest BCUT2D eigenvalue weighted by molar-refractivity contribution is 5.76. The molecule has 11 heteroatoms. The van der Waals surface area contributed by atoms with Crippen molar-refractivity contribution in [1.29, 1.82) is 0 Å². The van der Waals surface area contributed by atoms with Gasteiger partial charge in [-0.25, -0.2) is 0 Å². The highest BCUT2D eigenvalue weighted by Crippen LogP contribution is 2.23. The second-order valence-electron chi connectivity index (χ2n) is 23.9. The number of aliphatic hydroxyl groups is 5. The van der Waals surface area contributed by atoms with Gasteiger partial charge >= 0.3 is 5.97 Å². The zero-order valence-electron chi connectivity index (χ0n) is 52.5. The van der Waals surface area contributed by atoms with Crippen molar-refractivity contribution < 1.29 is 49.3 Å². The standard InChI is InChI=1S/C70H129NO10/c1-3-5-7-9-11-13-14-38-42-46-50-54-58-66(75)79-59-55-51-47-43-39-36-34-32-30-28-26-24-22-20-18-16-15-17-19-21-23-25-27-29-31-33-35-37-41-45-49-53-57-65(74)71-62(63(73)56-52-48-44-40-12-10-8-6-4-2)61-80-70-69(78)68(77)67(76)64(60-72)81-70/h4,6,12,18,20,40,52,56,62-64,67-70,72-73,76-78H,3,5,7-11,13-17,19,21-39,41-51,53-55,57-61H2,1-2H3,(H,71,74)/b6-4+,20-18-,40-12+,56-52+. The quantitative estimate of drug-likeness (QED) is 0.0195. The Balaban J connectivity index is 1.92. The molecule has 474 valence electrons. The first-order chi connectivity index (χ1) is 39.7. The van der Waals surface area contributed by atoms with Crippen molar-refractivity contribution in [2.45, 2.75) is 365 Å². The van der Waals surface area contributed by atoms with Crippen LogP contribution in [0.3, 0.4) is 0 Å². The van der Waals surface area contributed by atoms with Crippen molar-refractivity contribution in [2.75, 3.05) is 19.8 Å². The average Bonchev–Trinajstić information content (AvgIpc) is 3.47. The number of nitrogens with one attached hydrogen (secondary N) is 1. The van der Waals surface area contributed by atoms with E-state index in [1.807, 2.05) is 19.1 Å². The van der Waals surface area contributed by atoms with Gasteiger partial charge in [0.25, 0.3) is 0 Å². The molecule has 7 unspecified atom stereocenters. The molecule has 0 aromatic heterocycles. The number of hydrogen-bond donors (Lipinski definition) is 6. The minimum Gasteiger partial charge on any atom is -0.466 e. The Bertz CT molecular complexity index is 1480. The average molecular weight is 1140 g/mol. The van der Waals surface area contributed by atoms with Crippen LogP contribution in [0.25, 0.3) is 0 Å². The lowest BCUT2D eigenvalue weighted by Crippen LogP contribution is -2.60. The van der Waals surface area contributed by atoms with Gasteiger partial charge in [-0.1, -0.05) is 280 Å². The molecule has 1 fully saturated rings. The van der Waals surface area contributed by atoms with Crippen LogP contribution in [-0.4, -0.2) is 100 Å². The predicted octanol–water partition coefficient (Wildman–Crippen LogP) is 17.2. The van der Waals surface area contributed by atoms with E-state index in [9.17, 15) is 35.1 Å². The van der Waals surface area contributed by atoms with Crippen LogP contribution in [0, 0.1) is 0 Å². The minimum absolute atomic E-state index is 0.0108. The summed E-state index contributed by atoms with van der Waals surface area (Å²) in [6.07, 6.45) is 67.2. The zero-order valence-corrected chi connectivity index (χ0v) is 52.5. The SMILES string of the molecule is C/C=C/CC/C=C/CC/C=C/C(O)C(COC1OC(CO)C(O)C(O)C1O)NC(=O)CCCCCCCCCCCCCCCCCC/C=C\CCCCCCCCCCCCCCOC(=O)CCCCCCCCCCCCCC. The van der Waals surface area contributed by atoms with Gasteiger partial charge in [0.05, 0.1) is 32.0 Å². The molecule has 0 aromatic rings. The maximum Gasteiger partial charge on any atom is 0.305 e. The van der Waals surface area contributed by atoms with E-state index in [0.717, 1.165) is 57.8 Å². The lowest BCUT2D eigenvalue weighted by Gasteiger charge is -2.40. The summed E-state index contributed by atoms with van der Waals surface area (Å²) in [6.45, 7) is 4.11. The van der Waals surface area contributed by atoms with Crippen LogP contribution in [0.15, 0.2) is 48.6 Å². The maximum atomic E-state index is 13.0. The van der Waals surface area contributed by atoms with Crippen LogP contribution < -0.4 is 5.32 Å². The summed E-state index contributed by atoms with van der Waals surface area (Å²) in [5, 5.41) is 54.2. The molecule has 11 nitrogen and oxygen atoms in total. The number of aliphatic hydroxyl groups excluding tert-OH is 5. The Kier molecular flexibility index (Phi) is 56.2. The molecule has 6 N–H and O–H groups in total. The Morgan fingerprint density at radius 2 is 0.852 bits per heavy atom. The monoisotopic (exact) mass is 1140 g/mol. The van der Waals surface area contributed by atoms with Gasteiger partial charge in [-0.15, -0.1) is 0 Å². The molecule has 0 saturated carbocycles. The van der Waals surface area contributed by atoms with Gasteiger partial charge in [-0.05, 0) is 77.6 Å². The van der Waals surface area contributed by atoms with Crippen molar-refractivity contribution in [1.82, 2.24) is 5.32 Å². The summed E-state index contributed by atoms with van der Waals surface area (Å²) in [4.78, 5) is 25.0. The fraction of sp³-hybridized carbons (Fsp3) is 0.857. The molecular formula is C70H129NO10. The Labute approximate surface area is 497 Å². The summed E-state index contributed by atoms with van der Waals surface area (Å²) >= 11 is 0. The molecule has 1 rings (SSSR count). The second-order valence-corrected chi connectivity index (χ2v) is 23.9. The molecule has 81 heavy (non-hydrogen) atoms. The number of amides is 1. The number of carbonyl (C=O) groups excluding carboxylic acids is 2. The largest absolute Gasteiger partial charge is 0.466 e. The number of esters is 1. The smallest absolute Gasteiger partial charge is 0.305 e. The van der Waals surface area contributed by atoms with Crippen LogP contribution in [0.1, 0.15) is 322 Å². The summed E-state index contributed by atoms with van der Waals surface area (Å²) in [5.41, 5.74) is 0. The molecule has 1 aliphatic heterocycles. The van der Waals surface area contributed by atoms with Crippen LogP contribution in [-0.2, 0) is 23.8 Å². The van der Waals surface area contributed by atoms with Crippen molar-refractivity contribution in [3.63, 3.8) is 0 Å². The van der Waals surface area contributed by atoms with E-state index < -0.39 is 49.5 Å². The Morgan fingerprint density at radius 3 is 1.30 bits per heavy atom. The van der Waals surface area contributed by atoms with Crippen molar-refractivity contribution in [2.24, 2.45) is 0 Å². The molecule has 1 amide bonds. The molecule has 1 heterocycles. The molecule has 7 atom stereocenters. The van der Waals surface area contributed by atoms with Gasteiger partial charge in [-0.2, -0.15) is 0 Å². The highest BCUT2D eigenvalue weighted by atomic mass is 16.7. The fourth-order valence-corrected chi connectivity index (χ4v) is 10.8. The van der Waals surface area contributed by atoms with Crippen LogP contribution in [0.4, 0.5) is 0 Å². The normalized spacial score (nSPS) is 18.5. The third-order valence-corrected chi connectivity index (χ3v) is 16.2. The Morgan fingerprint density at radius 1 is 0.469 bits per heavy atom. The number of hydrogen-bond acceptors (Lipinski definition) is 10. The van der Waals surface area contributed by atoms with E-state index in [1.165, 1.54) is 238 Å². The number of carbonyl (C=O) groups is 2. The van der Waals surface area contributed by atoms with E-state index >= 15 is 0 Å². The van der Waals surface area contributed by atoms with Crippen LogP contribution in [0.2, 0.25) is 0 Å². The van der Waals surface area contributed by atoms with Crippen LogP contribution in [0.5, 0.6) is 0 Å². The van der Waals surface area contributed by atoms with Gasteiger partial charge in [0.2, 0.25) is 5.91 Å². The molecule has 0 aromatic carbocycles. The fourth-order valence-electron chi connectivity index (χ4n) is 10.8. The van der Waals surface area contributed by atoms with E-state index in [4.69, 9.17) is 14.2 Å². The summed E-state index contributed by atoms with van der Waals surface area (Å²) in [6, 6.07) is -0.831. The van der Waals surface area contributed by atoms with E-state index in [2.05, 4.69) is 42.6 Å². The first-order valence-corrected chi connectivity index (χ1v) is 34.4. The maximum absolute atomic E-state index is 13.0. The van der Waals surface area contributed by atoms with Gasteiger partial charge < -0.3 is 45.1 Å². The molecule has 0 bridgehead atoms. The Hall–Kier alpha value is -2.38. The predicted molar refractivity (Wildman–Crippen MR) is 338 cm³/mol. The van der Waals surface area contributed by atoms with Gasteiger partial charge in [-0.3, -0.25) is 9.59 Å². The second kappa shape index (κ2) is 59.4. The summed E-state index contributed by atoms with van der Waals surface area (Å²) < 4.78 is 16.7. The third-order valence-electron chi connectivity index (χ3n) is 16.2. The summed E-state index contributed by atoms with van der Waals surface area (Å²) in [5.74, 6) is -0.186. The molecule has 0 radical (unpaired) electrons. The number of ether oxygens (including phenoxy) is 3. The van der Waals surface area contributed by atoms with E-state index in [1.54, 1.807) is 6.08 Å². The van der Waals surface area contributed by atoms with Crippen molar-refractivity contribution >= 4 is 11.9 Å². The molecular weight excluding hydrogens is 1010 g/mol.